The minimum absolute atomic E-state index is 0.0858. The molecule has 0 saturated carbocycles. The highest BCUT2D eigenvalue weighted by molar-refractivity contribution is 6.12. The molecule has 2 aliphatic heterocycles. The van der Waals surface area contributed by atoms with Crippen molar-refractivity contribution in [1.82, 2.24) is 25.8 Å². The van der Waals surface area contributed by atoms with Gasteiger partial charge in [0, 0.05) is 49.9 Å². The summed E-state index contributed by atoms with van der Waals surface area (Å²) in [5.41, 5.74) is 6.35. The van der Waals surface area contributed by atoms with Crippen LogP contribution < -0.4 is 27.0 Å². The van der Waals surface area contributed by atoms with Crippen molar-refractivity contribution >= 4 is 47.3 Å². The highest BCUT2D eigenvalue weighted by Gasteiger charge is 2.29. The van der Waals surface area contributed by atoms with Crippen LogP contribution in [-0.4, -0.2) is 89.2 Å². The van der Waals surface area contributed by atoms with Crippen molar-refractivity contribution < 1.29 is 38.3 Å². The van der Waals surface area contributed by atoms with Crippen molar-refractivity contribution in [2.75, 3.05) is 25.0 Å². The van der Waals surface area contributed by atoms with Crippen LogP contribution in [0.3, 0.4) is 0 Å². The second-order valence-electron chi connectivity index (χ2n) is 12.7. The number of rotatable bonds is 18. The van der Waals surface area contributed by atoms with Gasteiger partial charge in [-0.1, -0.05) is 32.4 Å². The number of nitrogens with zero attached hydrogens (tertiary/aromatic N) is 2. The largest absolute Gasteiger partial charge is 0.445 e. The van der Waals surface area contributed by atoms with E-state index in [9.17, 15) is 33.6 Å². The van der Waals surface area contributed by atoms with Gasteiger partial charge in [-0.15, -0.1) is 0 Å². The van der Waals surface area contributed by atoms with E-state index in [1.54, 1.807) is 43.0 Å². The van der Waals surface area contributed by atoms with Gasteiger partial charge in [-0.3, -0.25) is 28.9 Å². The summed E-state index contributed by atoms with van der Waals surface area (Å²) in [4.78, 5) is 89.2. The fourth-order valence-corrected chi connectivity index (χ4v) is 5.56. The van der Waals surface area contributed by atoms with E-state index in [1.807, 2.05) is 6.92 Å². The Bertz CT molecular complexity index is 1360. The van der Waals surface area contributed by atoms with E-state index in [-0.39, 0.29) is 68.3 Å². The Morgan fingerprint density at radius 1 is 0.939 bits per heavy atom. The molecule has 3 atom stereocenters. The fraction of sp³-hybridized carbons (Fsp3) is 0.559. The lowest BCUT2D eigenvalue weighted by molar-refractivity contribution is -0.137. The van der Waals surface area contributed by atoms with Crippen LogP contribution in [0.1, 0.15) is 77.7 Å². The number of anilines is 1. The second kappa shape index (κ2) is 19.1. The Labute approximate surface area is 286 Å². The molecule has 8 amide bonds. The lowest BCUT2D eigenvalue weighted by Gasteiger charge is -2.25. The molecule has 1 saturated heterocycles. The molecule has 0 radical (unpaired) electrons. The van der Waals surface area contributed by atoms with Gasteiger partial charge in [-0.25, -0.2) is 9.59 Å². The van der Waals surface area contributed by atoms with Crippen LogP contribution in [0.2, 0.25) is 0 Å². The van der Waals surface area contributed by atoms with Gasteiger partial charge >= 0.3 is 12.1 Å². The third-order valence-corrected chi connectivity index (χ3v) is 8.42. The van der Waals surface area contributed by atoms with Crippen molar-refractivity contribution in [1.29, 1.82) is 0 Å². The Morgan fingerprint density at radius 2 is 1.63 bits per heavy atom. The summed E-state index contributed by atoms with van der Waals surface area (Å²) in [5, 5.41) is 10.8. The van der Waals surface area contributed by atoms with Gasteiger partial charge in [-0.2, -0.15) is 0 Å². The SMILES string of the molecule is CC(C)C(NC(=O)CCCCCN1C(=O)C=CC1=O)C(=O)NC(CCCNC(N)=O)C(=O)Nc1ccc(COC(=O)N2CCCC2C)cc1. The smallest absolute Gasteiger partial charge is 0.410 e. The average Bonchev–Trinajstić information content (AvgIpc) is 3.63. The molecule has 0 aromatic heterocycles. The van der Waals surface area contributed by atoms with Crippen LogP contribution in [0.15, 0.2) is 36.4 Å². The molecule has 2 aliphatic rings. The molecule has 268 valence electrons. The van der Waals surface area contributed by atoms with E-state index in [1.165, 1.54) is 12.2 Å². The molecule has 0 aliphatic carbocycles. The second-order valence-corrected chi connectivity index (χ2v) is 12.7. The molecule has 49 heavy (non-hydrogen) atoms. The number of benzene rings is 1. The number of unbranched alkanes of at least 4 members (excludes halogenated alkanes) is 2. The van der Waals surface area contributed by atoms with Crippen molar-refractivity contribution in [3.8, 4) is 0 Å². The molecule has 0 spiro atoms. The first-order valence-corrected chi connectivity index (χ1v) is 16.9. The number of carbonyl (C=O) groups excluding carboxylic acids is 7. The lowest BCUT2D eigenvalue weighted by atomic mass is 10.0. The van der Waals surface area contributed by atoms with Crippen LogP contribution in [-0.2, 0) is 35.3 Å². The number of imide groups is 1. The maximum Gasteiger partial charge on any atom is 0.410 e. The van der Waals surface area contributed by atoms with Gasteiger partial charge < -0.3 is 36.6 Å². The average molecular weight is 684 g/mol. The number of nitrogens with one attached hydrogen (secondary N) is 4. The number of likely N-dealkylation sites (tertiary alicyclic amines) is 1. The molecular formula is C34H49N7O8. The third-order valence-electron chi connectivity index (χ3n) is 8.42. The number of urea groups is 1. The lowest BCUT2D eigenvalue weighted by Crippen LogP contribution is -2.54. The van der Waals surface area contributed by atoms with E-state index in [0.29, 0.717) is 37.9 Å². The third kappa shape index (κ3) is 12.5. The van der Waals surface area contributed by atoms with Crippen LogP contribution in [0.25, 0.3) is 0 Å². The number of ether oxygens (including phenoxy) is 1. The molecule has 15 nitrogen and oxygen atoms in total. The maximum absolute atomic E-state index is 13.4. The number of carbonyl (C=O) groups is 7. The van der Waals surface area contributed by atoms with E-state index < -0.39 is 29.9 Å². The molecule has 1 aromatic rings. The molecule has 2 heterocycles. The van der Waals surface area contributed by atoms with Crippen LogP contribution in [0.4, 0.5) is 15.3 Å². The highest BCUT2D eigenvalue weighted by atomic mass is 16.6. The number of hydrogen-bond acceptors (Lipinski definition) is 8. The first kappa shape index (κ1) is 38.5. The van der Waals surface area contributed by atoms with Crippen molar-refractivity contribution in [2.45, 2.75) is 96.9 Å². The zero-order chi connectivity index (χ0) is 35.9. The number of hydrogen-bond donors (Lipinski definition) is 5. The molecule has 1 fully saturated rings. The highest BCUT2D eigenvalue weighted by Crippen LogP contribution is 2.19. The van der Waals surface area contributed by atoms with Crippen molar-refractivity contribution in [3.05, 3.63) is 42.0 Å². The summed E-state index contributed by atoms with van der Waals surface area (Å²) >= 11 is 0. The molecule has 6 N–H and O–H groups in total. The monoisotopic (exact) mass is 683 g/mol. The quantitative estimate of drug-likeness (QED) is 0.114. The van der Waals surface area contributed by atoms with Crippen molar-refractivity contribution in [2.24, 2.45) is 11.7 Å². The zero-order valence-electron chi connectivity index (χ0n) is 28.5. The maximum atomic E-state index is 13.4. The molecular weight excluding hydrogens is 634 g/mol. The van der Waals surface area contributed by atoms with Crippen LogP contribution in [0.5, 0.6) is 0 Å². The fourth-order valence-electron chi connectivity index (χ4n) is 5.56. The summed E-state index contributed by atoms with van der Waals surface area (Å²) < 4.78 is 5.44. The Hall–Kier alpha value is -4.95. The van der Waals surface area contributed by atoms with Gasteiger partial charge in [0.2, 0.25) is 17.7 Å². The number of amides is 8. The topological polar surface area (TPSA) is 209 Å². The first-order valence-electron chi connectivity index (χ1n) is 16.9. The first-order chi connectivity index (χ1) is 23.3. The number of primary amides is 1. The van der Waals surface area contributed by atoms with Crippen LogP contribution in [0, 0.1) is 5.92 Å². The van der Waals surface area contributed by atoms with Gasteiger partial charge in [0.1, 0.15) is 18.7 Å². The van der Waals surface area contributed by atoms with E-state index in [2.05, 4.69) is 21.3 Å². The van der Waals surface area contributed by atoms with Crippen molar-refractivity contribution in [3.63, 3.8) is 0 Å². The molecule has 3 rings (SSSR count). The summed E-state index contributed by atoms with van der Waals surface area (Å²) in [5.74, 6) is -2.34. The van der Waals surface area contributed by atoms with Gasteiger partial charge in [0.25, 0.3) is 11.8 Å². The summed E-state index contributed by atoms with van der Waals surface area (Å²) in [6, 6.07) is 4.34. The molecule has 1 aromatic carbocycles. The summed E-state index contributed by atoms with van der Waals surface area (Å²) in [7, 11) is 0. The van der Waals surface area contributed by atoms with Crippen LogP contribution >= 0.6 is 0 Å². The molecule has 3 unspecified atom stereocenters. The van der Waals surface area contributed by atoms with E-state index >= 15 is 0 Å². The minimum Gasteiger partial charge on any atom is -0.445 e. The molecule has 0 bridgehead atoms. The Morgan fingerprint density at radius 3 is 2.24 bits per heavy atom. The standard InChI is InChI=1S/C34H49N7O8/c1-22(2)30(39-27(42)11-5-4-6-19-41-28(43)16-17-29(41)44)32(46)38-26(10-7-18-36-33(35)47)31(45)37-25-14-12-24(13-15-25)21-49-34(48)40-20-8-9-23(40)3/h12-17,22-23,26,30H,4-11,18-21H2,1-3H3,(H,37,45)(H,38,46)(H,39,42)(H3,35,36,47). The molecule has 15 heteroatoms. The Balaban J connectivity index is 1.52. The predicted molar refractivity (Wildman–Crippen MR) is 181 cm³/mol. The van der Waals surface area contributed by atoms with E-state index in [4.69, 9.17) is 10.5 Å². The summed E-state index contributed by atoms with van der Waals surface area (Å²) in [6.45, 7) is 6.78. The van der Waals surface area contributed by atoms with Gasteiger partial charge in [0.05, 0.1) is 0 Å². The summed E-state index contributed by atoms with van der Waals surface area (Å²) in [6.07, 6.45) is 6.33. The van der Waals surface area contributed by atoms with Gasteiger partial charge in [-0.05, 0) is 69.1 Å². The predicted octanol–water partition coefficient (Wildman–Crippen LogP) is 2.31. The Kier molecular flexibility index (Phi) is 15.0. The van der Waals surface area contributed by atoms with E-state index in [0.717, 1.165) is 23.3 Å². The minimum atomic E-state index is -0.992. The number of nitrogens with two attached hydrogens (primary N) is 1. The van der Waals surface area contributed by atoms with Gasteiger partial charge in [0.15, 0.2) is 0 Å². The zero-order valence-corrected chi connectivity index (χ0v) is 28.5. The normalized spacial score (nSPS) is 16.8.